The molecule has 3 aliphatic heterocycles. The van der Waals surface area contributed by atoms with Crippen LogP contribution in [0.2, 0.25) is 0 Å². The number of nitrogens with zero attached hydrogens (tertiary/aromatic N) is 1. The summed E-state index contributed by atoms with van der Waals surface area (Å²) in [5.41, 5.74) is 7.11. The van der Waals surface area contributed by atoms with Gasteiger partial charge in [0, 0.05) is 18.9 Å². The van der Waals surface area contributed by atoms with Crippen LogP contribution >= 0.6 is 0 Å². The average Bonchev–Trinajstić information content (AvgIpc) is 2.76. The molecule has 6 nitrogen and oxygen atoms in total. The predicted molar refractivity (Wildman–Crippen MR) is 111 cm³/mol. The molecule has 3 aliphatic rings. The van der Waals surface area contributed by atoms with Gasteiger partial charge in [0.2, 0.25) is 11.8 Å². The molecule has 0 aliphatic carbocycles. The Hall–Kier alpha value is -2.86. The third kappa shape index (κ3) is 2.89. The number of amides is 2. The van der Waals surface area contributed by atoms with Crippen LogP contribution in [0.3, 0.4) is 0 Å². The van der Waals surface area contributed by atoms with Crippen molar-refractivity contribution < 1.29 is 19.1 Å². The Balaban J connectivity index is 1.52. The fourth-order valence-corrected chi connectivity index (χ4v) is 5.51. The predicted octanol–water partition coefficient (Wildman–Crippen LogP) is 2.47. The third-order valence-corrected chi connectivity index (χ3v) is 6.82. The van der Waals surface area contributed by atoms with E-state index in [4.69, 9.17) is 15.2 Å². The fraction of sp³-hybridized carbons (Fsp3) is 0.417. The molecule has 4 atom stereocenters. The number of benzene rings is 2. The summed E-state index contributed by atoms with van der Waals surface area (Å²) in [4.78, 5) is 27.9. The van der Waals surface area contributed by atoms with E-state index in [0.29, 0.717) is 26.2 Å². The number of carbonyl (C=O) groups excluding carboxylic acids is 2. The van der Waals surface area contributed by atoms with Crippen molar-refractivity contribution in [1.82, 2.24) is 4.90 Å². The molecular formula is C24H26N2O4. The normalized spacial score (nSPS) is 29.5. The number of hydrogen-bond acceptors (Lipinski definition) is 4. The van der Waals surface area contributed by atoms with Crippen molar-refractivity contribution >= 4 is 11.8 Å². The van der Waals surface area contributed by atoms with Crippen LogP contribution < -0.4 is 10.5 Å². The van der Waals surface area contributed by atoms with Crippen molar-refractivity contribution in [3.05, 3.63) is 65.7 Å². The SMILES string of the molecule is NC(=O)C1C(=O)N(CCCc2ccccc2)C23CCOCC2C1c1ccccc1O3. The van der Waals surface area contributed by atoms with E-state index in [1.807, 2.05) is 42.5 Å². The lowest BCUT2D eigenvalue weighted by Gasteiger charge is -2.60. The molecule has 4 unspecified atom stereocenters. The number of hydrogen-bond donors (Lipinski definition) is 1. The summed E-state index contributed by atoms with van der Waals surface area (Å²) in [6, 6.07) is 17.9. The van der Waals surface area contributed by atoms with Crippen molar-refractivity contribution in [2.75, 3.05) is 19.8 Å². The van der Waals surface area contributed by atoms with Crippen LogP contribution in [-0.4, -0.2) is 42.2 Å². The zero-order chi connectivity index (χ0) is 20.7. The van der Waals surface area contributed by atoms with E-state index in [2.05, 4.69) is 12.1 Å². The monoisotopic (exact) mass is 406 g/mol. The number of piperidine rings is 1. The molecule has 2 saturated heterocycles. The average molecular weight is 406 g/mol. The van der Waals surface area contributed by atoms with Gasteiger partial charge in [-0.15, -0.1) is 0 Å². The largest absolute Gasteiger partial charge is 0.467 e. The maximum atomic E-state index is 13.6. The second-order valence-electron chi connectivity index (χ2n) is 8.40. The van der Waals surface area contributed by atoms with Crippen LogP contribution in [0.25, 0.3) is 0 Å². The Morgan fingerprint density at radius 3 is 2.70 bits per heavy atom. The van der Waals surface area contributed by atoms with E-state index in [1.165, 1.54) is 5.56 Å². The molecule has 156 valence electrons. The maximum Gasteiger partial charge on any atom is 0.238 e. The first-order chi connectivity index (χ1) is 14.6. The highest BCUT2D eigenvalue weighted by Gasteiger charge is 2.64. The lowest BCUT2D eigenvalue weighted by Crippen LogP contribution is -2.72. The standard InChI is InChI=1S/C24H26N2O4/c25-22(27)21-20-17-10-4-5-11-19(17)30-24(12-14-29-15-18(20)24)26(23(21)28)13-6-9-16-7-2-1-3-8-16/h1-5,7-8,10-11,18,20-21H,6,9,12-15H2,(H2,25,27). The van der Waals surface area contributed by atoms with Gasteiger partial charge >= 0.3 is 0 Å². The number of para-hydroxylation sites is 1. The van der Waals surface area contributed by atoms with Gasteiger partial charge in [-0.25, -0.2) is 0 Å². The molecule has 3 heterocycles. The number of carbonyl (C=O) groups is 2. The number of nitrogens with two attached hydrogens (primary N) is 1. The summed E-state index contributed by atoms with van der Waals surface area (Å²) < 4.78 is 12.4. The van der Waals surface area contributed by atoms with E-state index >= 15 is 0 Å². The Morgan fingerprint density at radius 2 is 1.90 bits per heavy atom. The van der Waals surface area contributed by atoms with E-state index in [0.717, 1.165) is 24.2 Å². The van der Waals surface area contributed by atoms with Crippen molar-refractivity contribution in [3.8, 4) is 5.75 Å². The number of fused-ring (bicyclic) bond motifs is 2. The number of primary amides is 1. The number of rotatable bonds is 5. The molecule has 0 saturated carbocycles. The molecule has 2 aromatic rings. The van der Waals surface area contributed by atoms with Gasteiger partial charge in [-0.3, -0.25) is 9.59 Å². The van der Waals surface area contributed by atoms with Crippen LogP contribution in [0.5, 0.6) is 5.75 Å². The smallest absolute Gasteiger partial charge is 0.238 e. The highest BCUT2D eigenvalue weighted by atomic mass is 16.5. The molecule has 30 heavy (non-hydrogen) atoms. The van der Waals surface area contributed by atoms with Crippen molar-refractivity contribution in [2.24, 2.45) is 17.6 Å². The van der Waals surface area contributed by atoms with Gasteiger partial charge in [-0.05, 0) is 30.0 Å². The minimum Gasteiger partial charge on any atom is -0.467 e. The zero-order valence-corrected chi connectivity index (χ0v) is 16.8. The van der Waals surface area contributed by atoms with Gasteiger partial charge < -0.3 is 20.1 Å². The molecule has 2 amide bonds. The summed E-state index contributed by atoms with van der Waals surface area (Å²) in [7, 11) is 0. The molecule has 2 aromatic carbocycles. The zero-order valence-electron chi connectivity index (χ0n) is 16.8. The van der Waals surface area contributed by atoms with Gasteiger partial charge in [0.25, 0.3) is 0 Å². The van der Waals surface area contributed by atoms with Crippen molar-refractivity contribution in [1.29, 1.82) is 0 Å². The second kappa shape index (κ2) is 7.43. The van der Waals surface area contributed by atoms with Crippen LogP contribution in [0.1, 0.15) is 29.9 Å². The first-order valence-electron chi connectivity index (χ1n) is 10.6. The summed E-state index contributed by atoms with van der Waals surface area (Å²) in [6.45, 7) is 1.49. The minimum atomic E-state index is -0.897. The van der Waals surface area contributed by atoms with Crippen molar-refractivity contribution in [2.45, 2.75) is 30.9 Å². The fourth-order valence-electron chi connectivity index (χ4n) is 5.51. The lowest BCUT2D eigenvalue weighted by atomic mass is 9.64. The Bertz CT molecular complexity index is 963. The van der Waals surface area contributed by atoms with Gasteiger partial charge in [-0.1, -0.05) is 48.5 Å². The summed E-state index contributed by atoms with van der Waals surface area (Å²) in [6.07, 6.45) is 2.22. The third-order valence-electron chi connectivity index (χ3n) is 6.82. The first kappa shape index (κ1) is 19.1. The molecular weight excluding hydrogens is 380 g/mol. The van der Waals surface area contributed by atoms with Crippen molar-refractivity contribution in [3.63, 3.8) is 0 Å². The molecule has 0 radical (unpaired) electrons. The summed E-state index contributed by atoms with van der Waals surface area (Å²) in [5, 5.41) is 0. The Labute approximate surface area is 176 Å². The van der Waals surface area contributed by atoms with E-state index in [9.17, 15) is 9.59 Å². The summed E-state index contributed by atoms with van der Waals surface area (Å²) >= 11 is 0. The molecule has 2 N–H and O–H groups in total. The molecule has 2 bridgehead atoms. The highest BCUT2D eigenvalue weighted by molar-refractivity contribution is 6.02. The number of ether oxygens (including phenoxy) is 2. The molecule has 2 fully saturated rings. The number of likely N-dealkylation sites (tertiary alicyclic amines) is 1. The summed E-state index contributed by atoms with van der Waals surface area (Å²) in [5.74, 6) is -1.38. The lowest BCUT2D eigenvalue weighted by molar-refractivity contribution is -0.227. The first-order valence-corrected chi connectivity index (χ1v) is 10.6. The molecule has 0 spiro atoms. The highest BCUT2D eigenvalue weighted by Crippen LogP contribution is 2.56. The Morgan fingerprint density at radius 1 is 1.13 bits per heavy atom. The van der Waals surface area contributed by atoms with Gasteiger partial charge in [0.15, 0.2) is 5.72 Å². The molecule has 6 heteroatoms. The van der Waals surface area contributed by atoms with Gasteiger partial charge in [0.1, 0.15) is 11.7 Å². The van der Waals surface area contributed by atoms with Crippen LogP contribution in [0.15, 0.2) is 54.6 Å². The van der Waals surface area contributed by atoms with Crippen LogP contribution in [-0.2, 0) is 20.7 Å². The van der Waals surface area contributed by atoms with Gasteiger partial charge in [-0.2, -0.15) is 0 Å². The maximum absolute atomic E-state index is 13.6. The van der Waals surface area contributed by atoms with Crippen LogP contribution in [0.4, 0.5) is 0 Å². The van der Waals surface area contributed by atoms with E-state index in [-0.39, 0.29) is 17.7 Å². The molecule has 5 rings (SSSR count). The van der Waals surface area contributed by atoms with Crippen LogP contribution in [0, 0.1) is 11.8 Å². The Kier molecular flexibility index (Phi) is 4.74. The van der Waals surface area contributed by atoms with E-state index in [1.54, 1.807) is 4.90 Å². The quantitative estimate of drug-likeness (QED) is 0.774. The molecule has 0 aromatic heterocycles. The minimum absolute atomic E-state index is 0.118. The number of aryl methyl sites for hydroxylation is 1. The topological polar surface area (TPSA) is 81.9 Å². The van der Waals surface area contributed by atoms with Gasteiger partial charge in [0.05, 0.1) is 19.1 Å². The second-order valence-corrected chi connectivity index (χ2v) is 8.40. The van der Waals surface area contributed by atoms with E-state index < -0.39 is 17.6 Å².